The van der Waals surface area contributed by atoms with Crippen LogP contribution in [0.25, 0.3) is 0 Å². The van der Waals surface area contributed by atoms with E-state index >= 15 is 0 Å². The second-order valence-corrected chi connectivity index (χ2v) is 12.2. The summed E-state index contributed by atoms with van der Waals surface area (Å²) in [6.07, 6.45) is -1.57. The summed E-state index contributed by atoms with van der Waals surface area (Å²) >= 11 is 0. The van der Waals surface area contributed by atoms with E-state index in [1.54, 1.807) is 12.1 Å². The summed E-state index contributed by atoms with van der Waals surface area (Å²) in [5.74, 6) is 0. The SMILES string of the molecule is CC(C)(C)c1cccc(C(C)(C)C)c1N(C(=O)O)S(=O)(=O)NC(c1ccccc1)c1ccccc1. The third-order valence-corrected chi connectivity index (χ3v) is 7.15. The van der Waals surface area contributed by atoms with Gasteiger partial charge in [-0.3, -0.25) is 0 Å². The number of rotatable bonds is 6. The molecule has 7 heteroatoms. The van der Waals surface area contributed by atoms with Gasteiger partial charge in [0.15, 0.2) is 0 Å². The Labute approximate surface area is 208 Å². The Kier molecular flexibility index (Phi) is 7.43. The number of carbonyl (C=O) groups is 1. The number of para-hydroxylation sites is 1. The zero-order valence-corrected chi connectivity index (χ0v) is 21.9. The lowest BCUT2D eigenvalue weighted by atomic mass is 9.79. The minimum Gasteiger partial charge on any atom is -0.464 e. The van der Waals surface area contributed by atoms with E-state index < -0.39 is 33.2 Å². The monoisotopic (exact) mass is 494 g/mol. The van der Waals surface area contributed by atoms with Crippen LogP contribution in [-0.4, -0.2) is 19.6 Å². The van der Waals surface area contributed by atoms with Gasteiger partial charge in [0.1, 0.15) is 0 Å². The van der Waals surface area contributed by atoms with Crippen LogP contribution in [0.15, 0.2) is 78.9 Å². The number of benzene rings is 3. The van der Waals surface area contributed by atoms with Gasteiger partial charge in [-0.15, -0.1) is 0 Å². The van der Waals surface area contributed by atoms with Gasteiger partial charge in [0, 0.05) is 0 Å². The van der Waals surface area contributed by atoms with Gasteiger partial charge >= 0.3 is 16.3 Å². The van der Waals surface area contributed by atoms with Crippen LogP contribution in [0.1, 0.15) is 69.8 Å². The number of nitrogens with one attached hydrogen (secondary N) is 1. The molecule has 0 atom stereocenters. The number of nitrogens with zero attached hydrogens (tertiary/aromatic N) is 1. The van der Waals surface area contributed by atoms with E-state index in [0.29, 0.717) is 26.6 Å². The van der Waals surface area contributed by atoms with Gasteiger partial charge in [0.25, 0.3) is 0 Å². The predicted molar refractivity (Wildman–Crippen MR) is 141 cm³/mol. The molecule has 2 N–H and O–H groups in total. The Morgan fingerprint density at radius 1 is 0.743 bits per heavy atom. The topological polar surface area (TPSA) is 86.7 Å². The van der Waals surface area contributed by atoms with Crippen LogP contribution in [0, 0.1) is 0 Å². The molecule has 0 spiro atoms. The minimum atomic E-state index is -4.55. The lowest BCUT2D eigenvalue weighted by Crippen LogP contribution is -2.47. The van der Waals surface area contributed by atoms with E-state index in [1.807, 2.05) is 108 Å². The van der Waals surface area contributed by atoms with Crippen LogP contribution in [0.5, 0.6) is 0 Å². The van der Waals surface area contributed by atoms with Gasteiger partial charge in [-0.1, -0.05) is 120 Å². The molecule has 0 saturated carbocycles. The molecular formula is C28H34N2O4S. The van der Waals surface area contributed by atoms with Gasteiger partial charge in [0.05, 0.1) is 11.7 Å². The summed E-state index contributed by atoms with van der Waals surface area (Å²) in [7, 11) is -4.55. The molecule has 0 unspecified atom stereocenters. The van der Waals surface area contributed by atoms with Gasteiger partial charge in [0.2, 0.25) is 0 Å². The van der Waals surface area contributed by atoms with E-state index in [9.17, 15) is 18.3 Å². The molecule has 186 valence electrons. The fourth-order valence-corrected chi connectivity index (χ4v) is 5.43. The number of hydrogen-bond acceptors (Lipinski definition) is 3. The predicted octanol–water partition coefficient (Wildman–Crippen LogP) is 6.39. The van der Waals surface area contributed by atoms with Crippen molar-refractivity contribution in [3.63, 3.8) is 0 Å². The van der Waals surface area contributed by atoms with Crippen LogP contribution < -0.4 is 9.03 Å². The van der Waals surface area contributed by atoms with Crippen LogP contribution >= 0.6 is 0 Å². The molecule has 35 heavy (non-hydrogen) atoms. The first-order chi connectivity index (χ1) is 16.2. The summed E-state index contributed by atoms with van der Waals surface area (Å²) < 4.78 is 31.0. The molecule has 0 heterocycles. The summed E-state index contributed by atoms with van der Waals surface area (Å²) in [5.41, 5.74) is 1.84. The largest absolute Gasteiger partial charge is 0.464 e. The molecule has 0 aliphatic rings. The molecule has 0 aliphatic carbocycles. The molecule has 3 aromatic carbocycles. The highest BCUT2D eigenvalue weighted by Gasteiger charge is 2.39. The number of amides is 1. The Morgan fingerprint density at radius 3 is 1.49 bits per heavy atom. The summed E-state index contributed by atoms with van der Waals surface area (Å²) in [6.45, 7) is 11.6. The van der Waals surface area contributed by atoms with Gasteiger partial charge < -0.3 is 5.11 Å². The lowest BCUT2D eigenvalue weighted by Gasteiger charge is -2.34. The first-order valence-electron chi connectivity index (χ1n) is 11.5. The fourth-order valence-electron chi connectivity index (χ4n) is 4.11. The van der Waals surface area contributed by atoms with Crippen molar-refractivity contribution in [3.05, 3.63) is 101 Å². The fraction of sp³-hybridized carbons (Fsp3) is 0.321. The van der Waals surface area contributed by atoms with Crippen LogP contribution in [0.4, 0.5) is 10.5 Å². The van der Waals surface area contributed by atoms with Gasteiger partial charge in [-0.05, 0) is 33.1 Å². The summed E-state index contributed by atoms with van der Waals surface area (Å²) in [6, 6.07) is 22.9. The highest BCUT2D eigenvalue weighted by Crippen LogP contribution is 2.41. The van der Waals surface area contributed by atoms with Crippen molar-refractivity contribution < 1.29 is 18.3 Å². The molecular weight excluding hydrogens is 460 g/mol. The maximum atomic E-state index is 13.9. The van der Waals surface area contributed by atoms with Crippen LogP contribution in [0.3, 0.4) is 0 Å². The van der Waals surface area contributed by atoms with Crippen molar-refractivity contribution in [1.82, 2.24) is 4.72 Å². The smallest absolute Gasteiger partial charge is 0.426 e. The Morgan fingerprint density at radius 2 is 1.14 bits per heavy atom. The first-order valence-corrected chi connectivity index (χ1v) is 13.0. The van der Waals surface area contributed by atoms with E-state index in [1.165, 1.54) is 0 Å². The van der Waals surface area contributed by atoms with Crippen LogP contribution in [0.2, 0.25) is 0 Å². The Bertz CT molecular complexity index is 1200. The standard InChI is InChI=1S/C28H34N2O4S/c1-27(2,3)22-18-13-19-23(28(4,5)6)25(22)30(26(31)32)35(33,34)29-24(20-14-9-7-10-15-20)21-16-11-8-12-17-21/h7-19,24,29H,1-6H3,(H,31,32). The highest BCUT2D eigenvalue weighted by atomic mass is 32.2. The molecule has 3 rings (SSSR count). The lowest BCUT2D eigenvalue weighted by molar-refractivity contribution is 0.206. The van der Waals surface area contributed by atoms with Crippen molar-refractivity contribution in [3.8, 4) is 0 Å². The molecule has 6 nitrogen and oxygen atoms in total. The number of hydrogen-bond donors (Lipinski definition) is 2. The molecule has 3 aromatic rings. The average molecular weight is 495 g/mol. The maximum absolute atomic E-state index is 13.9. The zero-order chi connectivity index (χ0) is 26.0. The maximum Gasteiger partial charge on any atom is 0.426 e. The Balaban J connectivity index is 2.24. The molecule has 0 bridgehead atoms. The Hall–Kier alpha value is -3.16. The van der Waals surface area contributed by atoms with E-state index in [-0.39, 0.29) is 5.69 Å². The second-order valence-electron chi connectivity index (χ2n) is 10.6. The molecule has 0 aliphatic heterocycles. The molecule has 1 amide bonds. The molecule has 0 fully saturated rings. The van der Waals surface area contributed by atoms with E-state index in [0.717, 1.165) is 0 Å². The molecule has 0 radical (unpaired) electrons. The zero-order valence-electron chi connectivity index (χ0n) is 21.1. The van der Waals surface area contributed by atoms with Crippen molar-refractivity contribution in [1.29, 1.82) is 0 Å². The molecule has 0 aromatic heterocycles. The third kappa shape index (κ3) is 5.92. The van der Waals surface area contributed by atoms with E-state index in [4.69, 9.17) is 0 Å². The number of carboxylic acid groups (broad SMARTS) is 1. The quantitative estimate of drug-likeness (QED) is 0.416. The van der Waals surface area contributed by atoms with Crippen molar-refractivity contribution in [2.45, 2.75) is 58.4 Å². The normalized spacial score (nSPS) is 12.5. The van der Waals surface area contributed by atoms with Gasteiger partial charge in [-0.25, -0.2) is 4.79 Å². The first kappa shape index (κ1) is 26.4. The third-order valence-electron chi connectivity index (χ3n) is 5.80. The van der Waals surface area contributed by atoms with Gasteiger partial charge in [-0.2, -0.15) is 17.4 Å². The highest BCUT2D eigenvalue weighted by molar-refractivity contribution is 7.91. The summed E-state index contributed by atoms with van der Waals surface area (Å²) in [4.78, 5) is 12.7. The van der Waals surface area contributed by atoms with E-state index in [2.05, 4.69) is 4.72 Å². The molecule has 0 saturated heterocycles. The van der Waals surface area contributed by atoms with Crippen molar-refractivity contribution >= 4 is 22.0 Å². The van der Waals surface area contributed by atoms with Crippen molar-refractivity contribution in [2.75, 3.05) is 4.31 Å². The summed E-state index contributed by atoms with van der Waals surface area (Å²) in [5, 5.41) is 10.3. The number of anilines is 1. The minimum absolute atomic E-state index is 0.173. The van der Waals surface area contributed by atoms with Crippen molar-refractivity contribution in [2.24, 2.45) is 0 Å². The average Bonchev–Trinajstić information content (AvgIpc) is 2.77. The van der Waals surface area contributed by atoms with Crippen LogP contribution in [-0.2, 0) is 21.0 Å². The second kappa shape index (κ2) is 9.84.